The maximum atomic E-state index is 13.1. The first-order chi connectivity index (χ1) is 16.3. The molecule has 0 saturated carbocycles. The van der Waals surface area contributed by atoms with Crippen LogP contribution in [0.5, 0.6) is 5.88 Å². The van der Waals surface area contributed by atoms with Gasteiger partial charge in [0.1, 0.15) is 6.61 Å². The highest BCUT2D eigenvalue weighted by molar-refractivity contribution is 7.92. The average Bonchev–Trinajstić information content (AvgIpc) is 2.84. The van der Waals surface area contributed by atoms with Crippen molar-refractivity contribution in [1.29, 1.82) is 0 Å². The zero-order chi connectivity index (χ0) is 24.1. The SMILES string of the molecule is Cc1ccc(S(=O)(=O)Nc2ncc(C(=O)N3CCCCC3C)nc2OCc2cccnc2)cc1. The van der Waals surface area contributed by atoms with Crippen molar-refractivity contribution in [1.82, 2.24) is 19.9 Å². The van der Waals surface area contributed by atoms with E-state index >= 15 is 0 Å². The number of pyridine rings is 1. The molecule has 10 heteroatoms. The van der Waals surface area contributed by atoms with Gasteiger partial charge in [-0.1, -0.05) is 23.8 Å². The van der Waals surface area contributed by atoms with Crippen LogP contribution in [-0.4, -0.2) is 46.8 Å². The first kappa shape index (κ1) is 23.6. The molecule has 1 saturated heterocycles. The highest BCUT2D eigenvalue weighted by Gasteiger charge is 2.27. The third-order valence-electron chi connectivity index (χ3n) is 5.68. The minimum absolute atomic E-state index is 0.0740. The molecular formula is C24H27N5O4S. The quantitative estimate of drug-likeness (QED) is 0.549. The smallest absolute Gasteiger partial charge is 0.274 e. The Morgan fingerprint density at radius 1 is 1.18 bits per heavy atom. The highest BCUT2D eigenvalue weighted by atomic mass is 32.2. The van der Waals surface area contributed by atoms with Gasteiger partial charge in [0, 0.05) is 30.5 Å². The van der Waals surface area contributed by atoms with Gasteiger partial charge in [-0.2, -0.15) is 0 Å². The van der Waals surface area contributed by atoms with Crippen molar-refractivity contribution in [3.63, 3.8) is 0 Å². The molecule has 1 aliphatic heterocycles. The Morgan fingerprint density at radius 2 is 1.97 bits per heavy atom. The van der Waals surface area contributed by atoms with E-state index in [2.05, 4.69) is 19.7 Å². The van der Waals surface area contributed by atoms with Crippen LogP contribution in [0, 0.1) is 6.92 Å². The molecule has 9 nitrogen and oxygen atoms in total. The molecule has 1 fully saturated rings. The van der Waals surface area contributed by atoms with E-state index in [1.807, 2.05) is 19.9 Å². The number of rotatable bonds is 7. The van der Waals surface area contributed by atoms with E-state index in [1.54, 1.807) is 35.5 Å². The molecule has 0 radical (unpaired) electrons. The van der Waals surface area contributed by atoms with E-state index in [9.17, 15) is 13.2 Å². The third kappa shape index (κ3) is 5.51. The minimum atomic E-state index is -3.94. The number of ether oxygens (including phenoxy) is 1. The van der Waals surface area contributed by atoms with Crippen LogP contribution in [0.1, 0.15) is 47.8 Å². The number of nitrogens with one attached hydrogen (secondary N) is 1. The van der Waals surface area contributed by atoms with Crippen LogP contribution in [0.4, 0.5) is 5.82 Å². The number of aryl methyl sites for hydroxylation is 1. The van der Waals surface area contributed by atoms with Gasteiger partial charge in [-0.15, -0.1) is 0 Å². The number of anilines is 1. The lowest BCUT2D eigenvalue weighted by Crippen LogP contribution is -2.42. The predicted octanol–water partition coefficient (Wildman–Crippen LogP) is 3.57. The lowest BCUT2D eigenvalue weighted by atomic mass is 10.0. The van der Waals surface area contributed by atoms with Crippen molar-refractivity contribution < 1.29 is 17.9 Å². The molecule has 4 rings (SSSR count). The van der Waals surface area contributed by atoms with Crippen molar-refractivity contribution in [3.05, 3.63) is 71.8 Å². The van der Waals surface area contributed by atoms with Crippen molar-refractivity contribution in [2.45, 2.75) is 50.7 Å². The van der Waals surface area contributed by atoms with Crippen molar-refractivity contribution >= 4 is 21.7 Å². The van der Waals surface area contributed by atoms with E-state index < -0.39 is 10.0 Å². The van der Waals surface area contributed by atoms with Crippen molar-refractivity contribution in [2.24, 2.45) is 0 Å². The molecule has 2 aromatic heterocycles. The summed E-state index contributed by atoms with van der Waals surface area (Å²) >= 11 is 0. The number of hydrogen-bond donors (Lipinski definition) is 1. The Kier molecular flexibility index (Phi) is 7.06. The standard InChI is InChI=1S/C24H27N5O4S/c1-17-8-10-20(11-9-17)34(31,32)28-22-23(33-16-19-7-5-12-25-14-19)27-21(15-26-22)24(30)29-13-4-3-6-18(29)2/h5,7-12,14-15,18H,3-4,6,13,16H2,1-2H3,(H,26,28). The second-order valence-corrected chi connectivity index (χ2v) is 10.0. The van der Waals surface area contributed by atoms with Gasteiger partial charge < -0.3 is 9.64 Å². The molecule has 1 unspecified atom stereocenters. The van der Waals surface area contributed by atoms with Crippen molar-refractivity contribution in [3.8, 4) is 5.88 Å². The van der Waals surface area contributed by atoms with Gasteiger partial charge in [0.25, 0.3) is 21.8 Å². The Hall–Kier alpha value is -3.53. The molecule has 34 heavy (non-hydrogen) atoms. The fraction of sp³-hybridized carbons (Fsp3) is 0.333. The number of amides is 1. The summed E-state index contributed by atoms with van der Waals surface area (Å²) in [7, 11) is -3.94. The molecule has 1 aromatic carbocycles. The predicted molar refractivity (Wildman–Crippen MR) is 127 cm³/mol. The van der Waals surface area contributed by atoms with Gasteiger partial charge in [-0.05, 0) is 51.3 Å². The zero-order valence-electron chi connectivity index (χ0n) is 19.1. The van der Waals surface area contributed by atoms with Crippen LogP contribution < -0.4 is 9.46 Å². The maximum Gasteiger partial charge on any atom is 0.274 e. The van der Waals surface area contributed by atoms with E-state index in [4.69, 9.17) is 4.74 Å². The van der Waals surface area contributed by atoms with Crippen LogP contribution in [0.25, 0.3) is 0 Å². The Labute approximate surface area is 199 Å². The fourth-order valence-electron chi connectivity index (χ4n) is 3.73. The van der Waals surface area contributed by atoms with E-state index in [0.717, 1.165) is 30.4 Å². The molecule has 1 amide bonds. The van der Waals surface area contributed by atoms with Gasteiger partial charge >= 0.3 is 0 Å². The number of benzene rings is 1. The Balaban J connectivity index is 1.64. The Morgan fingerprint density at radius 3 is 2.68 bits per heavy atom. The number of aromatic nitrogens is 3. The molecule has 0 bridgehead atoms. The summed E-state index contributed by atoms with van der Waals surface area (Å²) in [4.78, 5) is 27.6. The molecule has 0 aliphatic carbocycles. The second-order valence-electron chi connectivity index (χ2n) is 8.32. The van der Waals surface area contributed by atoms with Crippen LogP contribution in [0.15, 0.2) is 59.9 Å². The number of hydrogen-bond acceptors (Lipinski definition) is 7. The first-order valence-corrected chi connectivity index (χ1v) is 12.6. The normalized spacial score (nSPS) is 16.2. The van der Waals surface area contributed by atoms with E-state index in [1.165, 1.54) is 18.3 Å². The summed E-state index contributed by atoms with van der Waals surface area (Å²) in [6.07, 6.45) is 7.50. The van der Waals surface area contributed by atoms with Gasteiger partial charge in [-0.25, -0.2) is 18.4 Å². The van der Waals surface area contributed by atoms with Crippen LogP contribution in [-0.2, 0) is 16.6 Å². The number of carbonyl (C=O) groups excluding carboxylic acids is 1. The lowest BCUT2D eigenvalue weighted by Gasteiger charge is -2.33. The minimum Gasteiger partial charge on any atom is -0.470 e. The Bertz CT molecular complexity index is 1250. The van der Waals surface area contributed by atoms with Crippen LogP contribution >= 0.6 is 0 Å². The molecular weight excluding hydrogens is 454 g/mol. The third-order valence-corrected chi connectivity index (χ3v) is 7.04. The van der Waals surface area contributed by atoms with Crippen molar-refractivity contribution in [2.75, 3.05) is 11.3 Å². The number of piperidine rings is 1. The average molecular weight is 482 g/mol. The summed E-state index contributed by atoms with van der Waals surface area (Å²) in [5.74, 6) is -0.415. The molecule has 3 aromatic rings. The monoisotopic (exact) mass is 481 g/mol. The molecule has 1 aliphatic rings. The van der Waals surface area contributed by atoms with Gasteiger partial charge in [0.05, 0.1) is 11.1 Å². The first-order valence-electron chi connectivity index (χ1n) is 11.1. The summed E-state index contributed by atoms with van der Waals surface area (Å²) in [5, 5.41) is 0. The van der Waals surface area contributed by atoms with Crippen LogP contribution in [0.3, 0.4) is 0 Å². The number of nitrogens with zero attached hydrogens (tertiary/aromatic N) is 4. The molecule has 0 spiro atoms. The molecule has 1 atom stereocenters. The summed E-state index contributed by atoms with van der Waals surface area (Å²) in [6, 6.07) is 10.1. The number of carbonyl (C=O) groups is 1. The summed E-state index contributed by atoms with van der Waals surface area (Å²) in [5.41, 5.74) is 1.81. The molecule has 178 valence electrons. The van der Waals surface area contributed by atoms with E-state index in [-0.39, 0.29) is 40.8 Å². The van der Waals surface area contributed by atoms with E-state index in [0.29, 0.717) is 6.54 Å². The summed E-state index contributed by atoms with van der Waals surface area (Å²) < 4.78 is 34.1. The second kappa shape index (κ2) is 10.2. The fourth-order valence-corrected chi connectivity index (χ4v) is 4.74. The molecule has 3 heterocycles. The summed E-state index contributed by atoms with van der Waals surface area (Å²) in [6.45, 7) is 4.61. The van der Waals surface area contributed by atoms with Gasteiger partial charge in [0.15, 0.2) is 5.69 Å². The van der Waals surface area contributed by atoms with Gasteiger partial charge in [0.2, 0.25) is 5.82 Å². The zero-order valence-corrected chi connectivity index (χ0v) is 20.0. The number of likely N-dealkylation sites (tertiary alicyclic amines) is 1. The van der Waals surface area contributed by atoms with Gasteiger partial charge in [-0.3, -0.25) is 14.5 Å². The van der Waals surface area contributed by atoms with Crippen LogP contribution in [0.2, 0.25) is 0 Å². The maximum absolute atomic E-state index is 13.1. The molecule has 1 N–H and O–H groups in total. The lowest BCUT2D eigenvalue weighted by molar-refractivity contribution is 0.0627. The topological polar surface area (TPSA) is 114 Å². The number of sulfonamides is 1. The highest BCUT2D eigenvalue weighted by Crippen LogP contribution is 2.26. The largest absolute Gasteiger partial charge is 0.470 e.